The molecule has 6 heteroatoms. The Morgan fingerprint density at radius 1 is 1.22 bits per heavy atom. The van der Waals surface area contributed by atoms with Gasteiger partial charge < -0.3 is 10.1 Å². The minimum absolute atomic E-state index is 0.184. The van der Waals surface area contributed by atoms with Gasteiger partial charge in [-0.3, -0.25) is 4.79 Å². The van der Waals surface area contributed by atoms with Crippen molar-refractivity contribution in [2.45, 2.75) is 19.0 Å². The van der Waals surface area contributed by atoms with E-state index in [0.717, 1.165) is 6.07 Å². The van der Waals surface area contributed by atoms with Crippen molar-refractivity contribution in [3.05, 3.63) is 59.2 Å². The van der Waals surface area contributed by atoms with E-state index in [2.05, 4.69) is 5.32 Å². The topological polar surface area (TPSA) is 38.3 Å². The molecule has 1 atom stereocenters. The maximum atomic E-state index is 14.0. The van der Waals surface area contributed by atoms with Gasteiger partial charge in [-0.2, -0.15) is 0 Å². The number of ether oxygens (including phenoxy) is 1. The van der Waals surface area contributed by atoms with Crippen LogP contribution >= 0.6 is 11.6 Å². The molecule has 2 aromatic carbocycles. The molecule has 0 fully saturated rings. The first-order valence-electron chi connectivity index (χ1n) is 6.94. The predicted octanol–water partition coefficient (Wildman–Crippen LogP) is 4.09. The molecule has 0 aliphatic rings. The number of carbonyl (C=O) groups excluding carboxylic acids is 1. The summed E-state index contributed by atoms with van der Waals surface area (Å²) >= 11 is 5.74. The summed E-state index contributed by atoms with van der Waals surface area (Å²) in [5.41, 5.74) is 1.28. The lowest BCUT2D eigenvalue weighted by molar-refractivity contribution is 0.0950. The molecule has 3 nitrogen and oxygen atoms in total. The van der Waals surface area contributed by atoms with Crippen LogP contribution in [-0.2, 0) is 11.3 Å². The molecule has 0 saturated heterocycles. The lowest BCUT2D eigenvalue weighted by Crippen LogP contribution is -2.28. The first-order valence-corrected chi connectivity index (χ1v) is 7.38. The molecule has 0 spiro atoms. The highest BCUT2D eigenvalue weighted by Crippen LogP contribution is 2.28. The average Bonchev–Trinajstić information content (AvgIpc) is 2.47. The van der Waals surface area contributed by atoms with Crippen LogP contribution in [0.2, 0.25) is 0 Å². The largest absolute Gasteiger partial charge is 0.380 e. The molecular formula is C17H16ClF2NO2. The summed E-state index contributed by atoms with van der Waals surface area (Å²) in [6.45, 7) is 1.82. The summed E-state index contributed by atoms with van der Waals surface area (Å²) in [6.07, 6.45) is 0. The van der Waals surface area contributed by atoms with E-state index in [0.29, 0.717) is 16.7 Å². The number of amides is 1. The van der Waals surface area contributed by atoms with E-state index in [1.807, 2.05) is 0 Å². The number of carbonyl (C=O) groups is 1. The number of halogens is 3. The quantitative estimate of drug-likeness (QED) is 0.658. The van der Waals surface area contributed by atoms with E-state index in [1.165, 1.54) is 19.2 Å². The highest BCUT2D eigenvalue weighted by molar-refractivity contribution is 6.21. The molecule has 2 aromatic rings. The maximum absolute atomic E-state index is 14.0. The van der Waals surface area contributed by atoms with Gasteiger partial charge in [-0.1, -0.05) is 17.7 Å². The minimum atomic E-state index is -0.672. The Balaban J connectivity index is 2.46. The van der Waals surface area contributed by atoms with E-state index in [9.17, 15) is 13.6 Å². The molecule has 0 heterocycles. The Hall–Kier alpha value is -1.98. The smallest absolute Gasteiger partial charge is 0.252 e. The second kappa shape index (κ2) is 7.53. The molecule has 1 amide bonds. The number of hydrogen-bond acceptors (Lipinski definition) is 2. The van der Waals surface area contributed by atoms with Crippen LogP contribution in [0.15, 0.2) is 36.4 Å². The van der Waals surface area contributed by atoms with Crippen LogP contribution in [0.4, 0.5) is 8.78 Å². The van der Waals surface area contributed by atoms with Crippen molar-refractivity contribution >= 4 is 17.5 Å². The highest BCUT2D eigenvalue weighted by atomic mass is 35.5. The highest BCUT2D eigenvalue weighted by Gasteiger charge is 2.15. The van der Waals surface area contributed by atoms with Gasteiger partial charge in [0.25, 0.3) is 5.91 Å². The lowest BCUT2D eigenvalue weighted by atomic mass is 9.97. The van der Waals surface area contributed by atoms with Crippen LogP contribution in [-0.4, -0.2) is 18.5 Å². The fraction of sp³-hybridized carbons (Fsp3) is 0.235. The van der Waals surface area contributed by atoms with Gasteiger partial charge in [0, 0.05) is 24.3 Å². The Morgan fingerprint density at radius 3 is 2.52 bits per heavy atom. The zero-order valence-electron chi connectivity index (χ0n) is 12.7. The second-order valence-electron chi connectivity index (χ2n) is 5.02. The molecular weight excluding hydrogens is 324 g/mol. The molecule has 0 aliphatic carbocycles. The van der Waals surface area contributed by atoms with E-state index < -0.39 is 17.1 Å². The minimum Gasteiger partial charge on any atom is -0.380 e. The number of benzene rings is 2. The van der Waals surface area contributed by atoms with Crippen LogP contribution in [0, 0.1) is 11.6 Å². The van der Waals surface area contributed by atoms with Crippen molar-refractivity contribution in [3.8, 4) is 11.1 Å². The molecule has 0 radical (unpaired) electrons. The molecule has 1 unspecified atom stereocenters. The Labute approximate surface area is 138 Å². The predicted molar refractivity (Wildman–Crippen MR) is 85.3 cm³/mol. The summed E-state index contributed by atoms with van der Waals surface area (Å²) in [5.74, 6) is -1.66. The van der Waals surface area contributed by atoms with Crippen molar-refractivity contribution < 1.29 is 18.3 Å². The van der Waals surface area contributed by atoms with Crippen LogP contribution in [0.1, 0.15) is 22.8 Å². The number of rotatable bonds is 5. The number of hydrogen-bond donors (Lipinski definition) is 1. The van der Waals surface area contributed by atoms with Gasteiger partial charge in [-0.05, 0) is 42.3 Å². The summed E-state index contributed by atoms with van der Waals surface area (Å²) in [4.78, 5) is 12.0. The molecule has 2 rings (SSSR count). The first-order chi connectivity index (χ1) is 10.9. The average molecular weight is 340 g/mol. The third-order valence-electron chi connectivity index (χ3n) is 3.22. The van der Waals surface area contributed by atoms with Gasteiger partial charge in [0.05, 0.1) is 6.61 Å². The van der Waals surface area contributed by atoms with Gasteiger partial charge in [-0.15, -0.1) is 0 Å². The molecule has 1 N–H and O–H groups in total. The van der Waals surface area contributed by atoms with Crippen LogP contribution in [0.3, 0.4) is 0 Å². The molecule has 0 aliphatic heterocycles. The molecule has 23 heavy (non-hydrogen) atoms. The Morgan fingerprint density at radius 2 is 1.91 bits per heavy atom. The molecule has 122 valence electrons. The molecule has 0 saturated carbocycles. The zero-order chi connectivity index (χ0) is 17.0. The Kier molecular flexibility index (Phi) is 5.69. The summed E-state index contributed by atoms with van der Waals surface area (Å²) < 4.78 is 32.2. The number of methoxy groups -OCH3 is 1. The van der Waals surface area contributed by atoms with Crippen molar-refractivity contribution in [2.75, 3.05) is 7.11 Å². The first kappa shape index (κ1) is 17.4. The van der Waals surface area contributed by atoms with E-state index >= 15 is 0 Å². The van der Waals surface area contributed by atoms with Crippen LogP contribution < -0.4 is 5.32 Å². The summed E-state index contributed by atoms with van der Waals surface area (Å²) in [7, 11) is 1.50. The summed E-state index contributed by atoms with van der Waals surface area (Å²) in [5, 5.41) is 2.57. The normalized spacial score (nSPS) is 12.0. The van der Waals surface area contributed by atoms with Crippen molar-refractivity contribution in [1.82, 2.24) is 5.32 Å². The fourth-order valence-electron chi connectivity index (χ4n) is 2.24. The van der Waals surface area contributed by atoms with Crippen LogP contribution in [0.25, 0.3) is 11.1 Å². The van der Waals surface area contributed by atoms with Gasteiger partial charge in [0.1, 0.15) is 17.1 Å². The zero-order valence-corrected chi connectivity index (χ0v) is 13.5. The van der Waals surface area contributed by atoms with Gasteiger partial charge in [0.2, 0.25) is 0 Å². The molecule has 0 aromatic heterocycles. The third-order valence-corrected chi connectivity index (χ3v) is 3.33. The number of nitrogens with one attached hydrogen (secondary N) is 1. The second-order valence-corrected chi connectivity index (χ2v) is 5.67. The fourth-order valence-corrected chi connectivity index (χ4v) is 2.34. The molecule has 0 bridgehead atoms. The van der Waals surface area contributed by atoms with Gasteiger partial charge in [0.15, 0.2) is 0 Å². The van der Waals surface area contributed by atoms with Gasteiger partial charge in [-0.25, -0.2) is 8.78 Å². The van der Waals surface area contributed by atoms with E-state index in [1.54, 1.807) is 25.1 Å². The standard InChI is InChI=1S/C17H16ClF2NO2/c1-10(18)21-17(22)11-3-5-14(12(7-11)9-23-2)15-6-4-13(19)8-16(15)20/h3-8,10H,9H2,1-2H3,(H,21,22). The van der Waals surface area contributed by atoms with E-state index in [4.69, 9.17) is 16.3 Å². The van der Waals surface area contributed by atoms with Crippen LogP contribution in [0.5, 0.6) is 0 Å². The third kappa shape index (κ3) is 4.27. The van der Waals surface area contributed by atoms with Gasteiger partial charge >= 0.3 is 0 Å². The summed E-state index contributed by atoms with van der Waals surface area (Å²) in [6, 6.07) is 8.15. The lowest BCUT2D eigenvalue weighted by Gasteiger charge is -2.13. The monoisotopic (exact) mass is 339 g/mol. The van der Waals surface area contributed by atoms with Crippen molar-refractivity contribution in [1.29, 1.82) is 0 Å². The SMILES string of the molecule is COCc1cc(C(=O)NC(C)Cl)ccc1-c1ccc(F)cc1F. The maximum Gasteiger partial charge on any atom is 0.252 e. The van der Waals surface area contributed by atoms with Crippen molar-refractivity contribution in [3.63, 3.8) is 0 Å². The van der Waals surface area contributed by atoms with E-state index in [-0.39, 0.29) is 18.1 Å². The van der Waals surface area contributed by atoms with Crippen molar-refractivity contribution in [2.24, 2.45) is 0 Å². The number of alkyl halides is 1. The Bertz CT molecular complexity index is 720.